The molecule has 0 fully saturated rings. The van der Waals surface area contributed by atoms with Crippen LogP contribution in [-0.4, -0.2) is 24.7 Å². The zero-order valence-electron chi connectivity index (χ0n) is 15.2. The molecule has 138 valence electrons. The SMILES string of the molecule is Cc1nc2ccccc2c(=O)n1Cc1noc(Cc2c[nH]c3ccccc23)n1. The Hall–Kier alpha value is -3.74. The van der Waals surface area contributed by atoms with Crippen LogP contribution in [0.2, 0.25) is 0 Å². The minimum atomic E-state index is -0.105. The zero-order valence-corrected chi connectivity index (χ0v) is 15.2. The monoisotopic (exact) mass is 371 g/mol. The Labute approximate surface area is 159 Å². The third-order valence-corrected chi connectivity index (χ3v) is 4.88. The molecule has 0 spiro atoms. The molecule has 5 rings (SSSR count). The minimum absolute atomic E-state index is 0.105. The quantitative estimate of drug-likeness (QED) is 0.524. The van der Waals surface area contributed by atoms with Gasteiger partial charge in [-0.3, -0.25) is 9.36 Å². The topological polar surface area (TPSA) is 89.6 Å². The fraction of sp³-hybridized carbons (Fsp3) is 0.143. The highest BCUT2D eigenvalue weighted by molar-refractivity contribution is 5.83. The van der Waals surface area contributed by atoms with Gasteiger partial charge >= 0.3 is 0 Å². The maximum absolute atomic E-state index is 12.8. The van der Waals surface area contributed by atoms with Crippen molar-refractivity contribution in [2.75, 3.05) is 0 Å². The molecule has 0 atom stereocenters. The average Bonchev–Trinajstić information content (AvgIpc) is 3.33. The van der Waals surface area contributed by atoms with Crippen LogP contribution in [0.3, 0.4) is 0 Å². The molecule has 3 heterocycles. The molecule has 7 heteroatoms. The molecule has 0 amide bonds. The van der Waals surface area contributed by atoms with E-state index >= 15 is 0 Å². The largest absolute Gasteiger partial charge is 0.361 e. The number of benzene rings is 2. The number of H-pyrrole nitrogens is 1. The second-order valence-electron chi connectivity index (χ2n) is 6.71. The first-order chi connectivity index (χ1) is 13.7. The molecule has 0 saturated carbocycles. The molecule has 0 aliphatic rings. The van der Waals surface area contributed by atoms with Gasteiger partial charge < -0.3 is 9.51 Å². The fourth-order valence-corrected chi connectivity index (χ4v) is 3.47. The summed E-state index contributed by atoms with van der Waals surface area (Å²) in [6.45, 7) is 2.03. The number of fused-ring (bicyclic) bond motifs is 2. The van der Waals surface area contributed by atoms with Crippen LogP contribution in [0.25, 0.3) is 21.8 Å². The van der Waals surface area contributed by atoms with E-state index in [0.717, 1.165) is 16.5 Å². The molecule has 1 N–H and O–H groups in total. The third-order valence-electron chi connectivity index (χ3n) is 4.88. The number of aromatic amines is 1. The summed E-state index contributed by atoms with van der Waals surface area (Å²) in [6, 6.07) is 15.4. The van der Waals surface area contributed by atoms with Crippen molar-refractivity contribution in [1.82, 2.24) is 24.7 Å². The van der Waals surface area contributed by atoms with Gasteiger partial charge in [-0.05, 0) is 30.7 Å². The molecule has 0 saturated heterocycles. The standard InChI is InChI=1S/C21H17N5O2/c1-13-23-18-9-5-3-7-16(18)21(27)26(13)12-19-24-20(28-25-19)10-14-11-22-17-8-4-2-6-15(14)17/h2-9,11,22H,10,12H2,1H3. The van der Waals surface area contributed by atoms with Gasteiger partial charge in [0, 0.05) is 17.1 Å². The van der Waals surface area contributed by atoms with Gasteiger partial charge in [0.05, 0.1) is 23.9 Å². The van der Waals surface area contributed by atoms with Crippen LogP contribution in [0, 0.1) is 6.92 Å². The molecule has 3 aromatic heterocycles. The summed E-state index contributed by atoms with van der Waals surface area (Å²) in [4.78, 5) is 25.0. The van der Waals surface area contributed by atoms with Gasteiger partial charge in [0.2, 0.25) is 5.89 Å². The number of rotatable bonds is 4. The molecule has 2 aromatic carbocycles. The van der Waals surface area contributed by atoms with Crippen LogP contribution < -0.4 is 5.56 Å². The predicted octanol–water partition coefficient (Wildman–Crippen LogP) is 3.21. The molecule has 5 aromatic rings. The van der Waals surface area contributed by atoms with Crippen LogP contribution in [-0.2, 0) is 13.0 Å². The van der Waals surface area contributed by atoms with Crippen LogP contribution >= 0.6 is 0 Å². The Balaban J connectivity index is 1.44. The molecule has 0 aliphatic heterocycles. The van der Waals surface area contributed by atoms with E-state index in [1.807, 2.05) is 42.6 Å². The van der Waals surface area contributed by atoms with Gasteiger partial charge in [-0.15, -0.1) is 0 Å². The van der Waals surface area contributed by atoms with E-state index in [0.29, 0.717) is 34.9 Å². The normalized spacial score (nSPS) is 11.5. The number of aryl methyl sites for hydroxylation is 1. The van der Waals surface area contributed by atoms with Gasteiger partial charge in [-0.2, -0.15) is 4.98 Å². The lowest BCUT2D eigenvalue weighted by atomic mass is 10.1. The first-order valence-electron chi connectivity index (χ1n) is 9.02. The fourth-order valence-electron chi connectivity index (χ4n) is 3.47. The number of para-hydroxylation sites is 2. The van der Waals surface area contributed by atoms with Crippen molar-refractivity contribution in [3.8, 4) is 0 Å². The van der Waals surface area contributed by atoms with Crippen molar-refractivity contribution in [1.29, 1.82) is 0 Å². The molecule has 0 radical (unpaired) electrons. The Bertz CT molecular complexity index is 1360. The summed E-state index contributed by atoms with van der Waals surface area (Å²) >= 11 is 0. The van der Waals surface area contributed by atoms with E-state index < -0.39 is 0 Å². The van der Waals surface area contributed by atoms with E-state index in [-0.39, 0.29) is 12.1 Å². The maximum Gasteiger partial charge on any atom is 0.261 e. The Morgan fingerprint density at radius 3 is 2.71 bits per heavy atom. The number of aromatic nitrogens is 5. The van der Waals surface area contributed by atoms with Gasteiger partial charge in [0.15, 0.2) is 5.82 Å². The highest BCUT2D eigenvalue weighted by Crippen LogP contribution is 2.20. The first kappa shape index (κ1) is 16.4. The molecule has 7 nitrogen and oxygen atoms in total. The minimum Gasteiger partial charge on any atom is -0.361 e. The summed E-state index contributed by atoms with van der Waals surface area (Å²) in [5.74, 6) is 1.59. The molecule has 0 bridgehead atoms. The van der Waals surface area contributed by atoms with E-state index in [1.165, 1.54) is 0 Å². The lowest BCUT2D eigenvalue weighted by molar-refractivity contribution is 0.378. The van der Waals surface area contributed by atoms with Crippen LogP contribution in [0.5, 0.6) is 0 Å². The van der Waals surface area contributed by atoms with Gasteiger partial charge in [0.1, 0.15) is 5.82 Å². The number of nitrogens with one attached hydrogen (secondary N) is 1. The average molecular weight is 371 g/mol. The zero-order chi connectivity index (χ0) is 19.1. The van der Waals surface area contributed by atoms with Crippen molar-refractivity contribution >= 4 is 21.8 Å². The van der Waals surface area contributed by atoms with Crippen molar-refractivity contribution < 1.29 is 4.52 Å². The van der Waals surface area contributed by atoms with Gasteiger partial charge in [0.25, 0.3) is 5.56 Å². The first-order valence-corrected chi connectivity index (χ1v) is 9.02. The smallest absolute Gasteiger partial charge is 0.261 e. The van der Waals surface area contributed by atoms with Crippen molar-refractivity contribution in [2.45, 2.75) is 19.9 Å². The summed E-state index contributed by atoms with van der Waals surface area (Å²) < 4.78 is 6.99. The highest BCUT2D eigenvalue weighted by atomic mass is 16.5. The summed E-state index contributed by atoms with van der Waals surface area (Å²) in [7, 11) is 0. The Morgan fingerprint density at radius 2 is 1.82 bits per heavy atom. The molecule has 0 unspecified atom stereocenters. The van der Waals surface area contributed by atoms with Gasteiger partial charge in [-0.1, -0.05) is 35.5 Å². The van der Waals surface area contributed by atoms with E-state index in [1.54, 1.807) is 17.6 Å². The number of nitrogens with zero attached hydrogens (tertiary/aromatic N) is 4. The Morgan fingerprint density at radius 1 is 1.04 bits per heavy atom. The second kappa shape index (κ2) is 6.45. The van der Waals surface area contributed by atoms with Crippen molar-refractivity contribution in [3.63, 3.8) is 0 Å². The molecule has 0 aliphatic carbocycles. The highest BCUT2D eigenvalue weighted by Gasteiger charge is 2.14. The van der Waals surface area contributed by atoms with Crippen molar-refractivity contribution in [3.05, 3.63) is 88.2 Å². The van der Waals surface area contributed by atoms with Crippen LogP contribution in [0.1, 0.15) is 23.1 Å². The molecular formula is C21H17N5O2. The maximum atomic E-state index is 12.8. The molecule has 28 heavy (non-hydrogen) atoms. The van der Waals surface area contributed by atoms with Gasteiger partial charge in [-0.25, -0.2) is 4.98 Å². The summed E-state index contributed by atoms with van der Waals surface area (Å²) in [6.07, 6.45) is 2.48. The third kappa shape index (κ3) is 2.77. The number of hydrogen-bond donors (Lipinski definition) is 1. The molecular weight excluding hydrogens is 354 g/mol. The van der Waals surface area contributed by atoms with E-state index in [9.17, 15) is 4.79 Å². The van der Waals surface area contributed by atoms with Crippen molar-refractivity contribution in [2.24, 2.45) is 0 Å². The lowest BCUT2D eigenvalue weighted by Crippen LogP contribution is -2.24. The van der Waals surface area contributed by atoms with Crippen LogP contribution in [0.15, 0.2) is 64.0 Å². The number of hydrogen-bond acceptors (Lipinski definition) is 5. The van der Waals surface area contributed by atoms with E-state index in [2.05, 4.69) is 26.2 Å². The van der Waals surface area contributed by atoms with E-state index in [4.69, 9.17) is 4.52 Å². The lowest BCUT2D eigenvalue weighted by Gasteiger charge is -2.08. The predicted molar refractivity (Wildman–Crippen MR) is 105 cm³/mol. The second-order valence-corrected chi connectivity index (χ2v) is 6.71. The Kier molecular flexibility index (Phi) is 3.79. The van der Waals surface area contributed by atoms with Crippen LogP contribution in [0.4, 0.5) is 0 Å². The summed E-state index contributed by atoms with van der Waals surface area (Å²) in [5.41, 5.74) is 2.74. The summed E-state index contributed by atoms with van der Waals surface area (Å²) in [5, 5.41) is 5.76.